The zero-order chi connectivity index (χ0) is 21.2. The van der Waals surface area contributed by atoms with Gasteiger partial charge in [0, 0.05) is 42.2 Å². The maximum Gasteiger partial charge on any atom is 0.224 e. The van der Waals surface area contributed by atoms with E-state index >= 15 is 0 Å². The number of hydrogen-bond donors (Lipinski definition) is 2. The van der Waals surface area contributed by atoms with Crippen molar-refractivity contribution < 1.29 is 9.18 Å². The predicted octanol–water partition coefficient (Wildman–Crippen LogP) is 4.86. The molecule has 1 aliphatic heterocycles. The number of aromatic nitrogens is 4. The summed E-state index contributed by atoms with van der Waals surface area (Å²) in [5.41, 5.74) is 3.10. The van der Waals surface area contributed by atoms with E-state index in [1.54, 1.807) is 12.1 Å². The van der Waals surface area contributed by atoms with Crippen molar-refractivity contribution in [1.82, 2.24) is 19.7 Å². The van der Waals surface area contributed by atoms with Gasteiger partial charge in [0.2, 0.25) is 5.91 Å². The lowest BCUT2D eigenvalue weighted by molar-refractivity contribution is -0.116. The molecular weight excluding hydrogens is 393 g/mol. The number of aryl methyl sites for hydroxylation is 2. The zero-order valence-electron chi connectivity index (χ0n) is 17.2. The average Bonchev–Trinajstić information content (AvgIpc) is 3.30. The van der Waals surface area contributed by atoms with Crippen LogP contribution in [0.3, 0.4) is 0 Å². The molecule has 2 aromatic heterocycles. The summed E-state index contributed by atoms with van der Waals surface area (Å²) in [6, 6.07) is 12.7. The van der Waals surface area contributed by atoms with Crippen LogP contribution in [0.2, 0.25) is 0 Å². The third kappa shape index (κ3) is 3.95. The summed E-state index contributed by atoms with van der Waals surface area (Å²) in [5.74, 6) is 0.962. The van der Waals surface area contributed by atoms with Crippen LogP contribution in [0, 0.1) is 5.82 Å². The Morgan fingerprint density at radius 2 is 2.03 bits per heavy atom. The SMILES string of the molecule is O=C(CCc1c[nH]c2ccccc12)Nc1ccc(F)c(-c2nnc3n2CCCCC3)c1. The summed E-state index contributed by atoms with van der Waals surface area (Å²) in [5, 5.41) is 12.5. The number of anilines is 1. The first-order valence-electron chi connectivity index (χ1n) is 10.8. The van der Waals surface area contributed by atoms with Gasteiger partial charge in [-0.25, -0.2) is 4.39 Å². The molecule has 7 heteroatoms. The number of nitrogens with one attached hydrogen (secondary N) is 2. The minimum Gasteiger partial charge on any atom is -0.361 e. The molecule has 0 saturated heterocycles. The maximum absolute atomic E-state index is 14.6. The Bertz CT molecular complexity index is 1240. The highest BCUT2D eigenvalue weighted by molar-refractivity contribution is 5.92. The Balaban J connectivity index is 1.31. The van der Waals surface area contributed by atoms with Gasteiger partial charge in [0.1, 0.15) is 11.6 Å². The molecule has 2 N–H and O–H groups in total. The van der Waals surface area contributed by atoms with Gasteiger partial charge in [-0.1, -0.05) is 24.6 Å². The number of carbonyl (C=O) groups is 1. The first kappa shape index (κ1) is 19.5. The van der Waals surface area contributed by atoms with Crippen LogP contribution in [0.15, 0.2) is 48.7 Å². The number of carbonyl (C=O) groups excluding carboxylic acids is 1. The molecule has 0 unspecified atom stereocenters. The van der Waals surface area contributed by atoms with Crippen molar-refractivity contribution in [3.63, 3.8) is 0 Å². The van der Waals surface area contributed by atoms with Crippen molar-refractivity contribution in [3.8, 4) is 11.4 Å². The number of amides is 1. The Kier molecular flexibility index (Phi) is 5.24. The summed E-state index contributed by atoms with van der Waals surface area (Å²) in [6.45, 7) is 0.790. The monoisotopic (exact) mass is 417 g/mol. The number of halogens is 1. The number of H-pyrrole nitrogens is 1. The molecular formula is C24H24FN5O. The van der Waals surface area contributed by atoms with Gasteiger partial charge >= 0.3 is 0 Å². The highest BCUT2D eigenvalue weighted by Crippen LogP contribution is 2.28. The summed E-state index contributed by atoms with van der Waals surface area (Å²) < 4.78 is 16.6. The van der Waals surface area contributed by atoms with E-state index in [0.29, 0.717) is 29.9 Å². The fourth-order valence-corrected chi connectivity index (χ4v) is 4.27. The third-order valence-corrected chi connectivity index (χ3v) is 5.90. The summed E-state index contributed by atoms with van der Waals surface area (Å²) in [6.07, 6.45) is 7.02. The van der Waals surface area contributed by atoms with Crippen LogP contribution in [0.25, 0.3) is 22.3 Å². The Labute approximate surface area is 179 Å². The maximum atomic E-state index is 14.6. The Morgan fingerprint density at radius 3 is 2.97 bits per heavy atom. The van der Waals surface area contributed by atoms with E-state index in [0.717, 1.165) is 54.5 Å². The molecule has 2 aromatic carbocycles. The minimum atomic E-state index is -0.365. The molecule has 0 bridgehead atoms. The first-order chi connectivity index (χ1) is 15.2. The van der Waals surface area contributed by atoms with Crippen LogP contribution in [-0.2, 0) is 24.2 Å². The lowest BCUT2D eigenvalue weighted by Gasteiger charge is -2.10. The van der Waals surface area contributed by atoms with Crippen LogP contribution < -0.4 is 5.32 Å². The van der Waals surface area contributed by atoms with Crippen molar-refractivity contribution >= 4 is 22.5 Å². The quantitative estimate of drug-likeness (QED) is 0.487. The summed E-state index contributed by atoms with van der Waals surface area (Å²) in [7, 11) is 0. The second-order valence-electron chi connectivity index (χ2n) is 8.00. The lowest BCUT2D eigenvalue weighted by Crippen LogP contribution is -2.12. The topological polar surface area (TPSA) is 75.6 Å². The van der Waals surface area contributed by atoms with E-state index in [9.17, 15) is 9.18 Å². The Hall–Kier alpha value is -3.48. The second-order valence-corrected chi connectivity index (χ2v) is 8.00. The molecule has 5 rings (SSSR count). The zero-order valence-corrected chi connectivity index (χ0v) is 17.2. The number of hydrogen-bond acceptors (Lipinski definition) is 3. The number of aromatic amines is 1. The van der Waals surface area contributed by atoms with Gasteiger partial charge in [0.05, 0.1) is 5.56 Å². The van der Waals surface area contributed by atoms with E-state index in [1.165, 1.54) is 6.07 Å². The lowest BCUT2D eigenvalue weighted by atomic mass is 10.1. The fraction of sp³-hybridized carbons (Fsp3) is 0.292. The van der Waals surface area contributed by atoms with E-state index in [-0.39, 0.29) is 11.7 Å². The van der Waals surface area contributed by atoms with E-state index in [2.05, 4.69) is 20.5 Å². The van der Waals surface area contributed by atoms with Crippen molar-refractivity contribution in [3.05, 3.63) is 65.9 Å². The largest absolute Gasteiger partial charge is 0.361 e. The van der Waals surface area contributed by atoms with Gasteiger partial charge in [0.25, 0.3) is 0 Å². The van der Waals surface area contributed by atoms with Crippen molar-refractivity contribution in [2.24, 2.45) is 0 Å². The molecule has 0 atom stereocenters. The fourth-order valence-electron chi connectivity index (χ4n) is 4.27. The molecule has 0 fully saturated rings. The van der Waals surface area contributed by atoms with Crippen LogP contribution in [-0.4, -0.2) is 25.7 Å². The van der Waals surface area contributed by atoms with Gasteiger partial charge in [0.15, 0.2) is 5.82 Å². The number of fused-ring (bicyclic) bond motifs is 2. The molecule has 31 heavy (non-hydrogen) atoms. The minimum absolute atomic E-state index is 0.108. The van der Waals surface area contributed by atoms with Crippen molar-refractivity contribution in [2.75, 3.05) is 5.32 Å². The Morgan fingerprint density at radius 1 is 1.13 bits per heavy atom. The van der Waals surface area contributed by atoms with Gasteiger partial charge in [-0.3, -0.25) is 4.79 Å². The molecule has 0 aliphatic carbocycles. The molecule has 0 spiro atoms. The average molecular weight is 417 g/mol. The molecule has 1 aliphatic rings. The molecule has 4 aromatic rings. The van der Waals surface area contributed by atoms with E-state index in [4.69, 9.17) is 0 Å². The molecule has 3 heterocycles. The number of nitrogens with zero attached hydrogens (tertiary/aromatic N) is 3. The van der Waals surface area contributed by atoms with E-state index < -0.39 is 0 Å². The van der Waals surface area contributed by atoms with Crippen molar-refractivity contribution in [2.45, 2.75) is 45.1 Å². The van der Waals surface area contributed by atoms with Crippen molar-refractivity contribution in [1.29, 1.82) is 0 Å². The number of benzene rings is 2. The molecule has 158 valence electrons. The summed E-state index contributed by atoms with van der Waals surface area (Å²) >= 11 is 0. The van der Waals surface area contributed by atoms with Crippen LogP contribution >= 0.6 is 0 Å². The van der Waals surface area contributed by atoms with Gasteiger partial charge in [-0.2, -0.15) is 0 Å². The molecule has 0 radical (unpaired) electrons. The standard InChI is InChI=1S/C24H24FN5O/c25-20-11-10-17(14-19(20)24-29-28-22-8-2-1-5-13-30(22)24)27-23(31)12-9-16-15-26-21-7-4-3-6-18(16)21/h3-4,6-7,10-11,14-15,26H,1-2,5,8-9,12-13H2,(H,27,31). The van der Waals surface area contributed by atoms with Crippen LogP contribution in [0.1, 0.15) is 37.1 Å². The summed E-state index contributed by atoms with van der Waals surface area (Å²) in [4.78, 5) is 15.8. The smallest absolute Gasteiger partial charge is 0.224 e. The predicted molar refractivity (Wildman–Crippen MR) is 118 cm³/mol. The third-order valence-electron chi connectivity index (χ3n) is 5.90. The normalized spacial score (nSPS) is 13.7. The van der Waals surface area contributed by atoms with Crippen LogP contribution in [0.4, 0.5) is 10.1 Å². The first-order valence-corrected chi connectivity index (χ1v) is 10.8. The highest BCUT2D eigenvalue weighted by Gasteiger charge is 2.19. The van der Waals surface area contributed by atoms with Crippen LogP contribution in [0.5, 0.6) is 0 Å². The van der Waals surface area contributed by atoms with E-state index in [1.807, 2.05) is 35.0 Å². The highest BCUT2D eigenvalue weighted by atomic mass is 19.1. The molecule has 0 saturated carbocycles. The van der Waals surface area contributed by atoms with Gasteiger partial charge < -0.3 is 14.9 Å². The second kappa shape index (κ2) is 8.34. The molecule has 6 nitrogen and oxygen atoms in total. The number of rotatable bonds is 5. The molecule has 1 amide bonds. The van der Waals surface area contributed by atoms with Gasteiger partial charge in [-0.15, -0.1) is 10.2 Å². The number of para-hydroxylation sites is 1. The van der Waals surface area contributed by atoms with Gasteiger partial charge in [-0.05, 0) is 49.1 Å².